The van der Waals surface area contributed by atoms with Crippen molar-refractivity contribution in [2.45, 2.75) is 0 Å². The summed E-state index contributed by atoms with van der Waals surface area (Å²) in [5, 5.41) is 8.90. The molecule has 146 valence electrons. The lowest BCUT2D eigenvalue weighted by atomic mass is 10.2. The molecule has 28 heavy (non-hydrogen) atoms. The highest BCUT2D eigenvalue weighted by Gasteiger charge is 2.26. The summed E-state index contributed by atoms with van der Waals surface area (Å²) in [4.78, 5) is 16.6. The van der Waals surface area contributed by atoms with E-state index < -0.39 is 10.0 Å². The molecule has 0 aromatic heterocycles. The van der Waals surface area contributed by atoms with E-state index in [9.17, 15) is 13.2 Å². The third-order valence-corrected chi connectivity index (χ3v) is 5.86. The van der Waals surface area contributed by atoms with E-state index in [0.717, 1.165) is 16.2 Å². The van der Waals surface area contributed by atoms with Gasteiger partial charge in [0.2, 0.25) is 15.9 Å². The van der Waals surface area contributed by atoms with Gasteiger partial charge in [-0.25, -0.2) is 8.42 Å². The molecule has 1 saturated heterocycles. The molecule has 0 aliphatic carbocycles. The number of sulfonamides is 1. The van der Waals surface area contributed by atoms with Crippen LogP contribution in [0.4, 0.5) is 11.4 Å². The fourth-order valence-electron chi connectivity index (χ4n) is 3.18. The molecule has 1 amide bonds. The fourth-order valence-corrected chi connectivity index (χ4v) is 4.03. The maximum atomic E-state index is 12.7. The maximum Gasteiger partial charge on any atom is 0.243 e. The number of hydrogen-bond acceptors (Lipinski definition) is 5. The van der Waals surface area contributed by atoms with Crippen LogP contribution >= 0.6 is 0 Å². The van der Waals surface area contributed by atoms with Crippen LogP contribution in [0.1, 0.15) is 5.56 Å². The number of nitriles is 1. The van der Waals surface area contributed by atoms with Gasteiger partial charge in [-0.2, -0.15) is 5.26 Å². The molecule has 0 unspecified atom stereocenters. The minimum Gasteiger partial charge on any atom is -0.368 e. The summed E-state index contributed by atoms with van der Waals surface area (Å²) in [6.07, 6.45) is 1.08. The van der Waals surface area contributed by atoms with Crippen LogP contribution < -0.4 is 9.21 Å². The van der Waals surface area contributed by atoms with Gasteiger partial charge in [0.15, 0.2) is 0 Å². The predicted octanol–water partition coefficient (Wildman–Crippen LogP) is 1.67. The summed E-state index contributed by atoms with van der Waals surface area (Å²) < 4.78 is 25.5. The Kier molecular flexibility index (Phi) is 5.85. The standard InChI is InChI=1S/C20H22N4O3S/c1-28(26,27)24(19-9-7-17(15-21)8-10-19)16-20(25)23-13-11-22(12-14-23)18-5-3-2-4-6-18/h2-10H,11-14,16H2,1H3. The highest BCUT2D eigenvalue weighted by atomic mass is 32.2. The average molecular weight is 398 g/mol. The number of para-hydroxylation sites is 1. The van der Waals surface area contributed by atoms with Gasteiger partial charge in [0.25, 0.3) is 0 Å². The van der Waals surface area contributed by atoms with E-state index in [2.05, 4.69) is 4.90 Å². The van der Waals surface area contributed by atoms with Gasteiger partial charge in [-0.15, -0.1) is 0 Å². The monoisotopic (exact) mass is 398 g/mol. The van der Waals surface area contributed by atoms with Crippen LogP contribution in [0.5, 0.6) is 0 Å². The van der Waals surface area contributed by atoms with E-state index in [0.29, 0.717) is 37.4 Å². The summed E-state index contributed by atoms with van der Waals surface area (Å²) in [5.41, 5.74) is 1.92. The van der Waals surface area contributed by atoms with Gasteiger partial charge in [-0.1, -0.05) is 18.2 Å². The van der Waals surface area contributed by atoms with Crippen LogP contribution in [0, 0.1) is 11.3 Å². The van der Waals surface area contributed by atoms with Crippen molar-refractivity contribution >= 4 is 27.3 Å². The molecule has 0 spiro atoms. The zero-order valence-corrected chi connectivity index (χ0v) is 16.5. The third-order valence-electron chi connectivity index (χ3n) is 4.72. The van der Waals surface area contributed by atoms with Crippen molar-refractivity contribution in [3.05, 3.63) is 60.2 Å². The lowest BCUT2D eigenvalue weighted by molar-refractivity contribution is -0.129. The highest BCUT2D eigenvalue weighted by molar-refractivity contribution is 7.92. The zero-order chi connectivity index (χ0) is 20.1. The Morgan fingerprint density at radius 1 is 1.04 bits per heavy atom. The third kappa shape index (κ3) is 4.61. The number of nitrogens with zero attached hydrogens (tertiary/aromatic N) is 4. The Labute approximate surface area is 165 Å². The number of carbonyl (C=O) groups is 1. The predicted molar refractivity (Wildman–Crippen MR) is 109 cm³/mol. The maximum absolute atomic E-state index is 12.7. The topological polar surface area (TPSA) is 84.7 Å². The summed E-state index contributed by atoms with van der Waals surface area (Å²) in [7, 11) is -3.63. The Bertz CT molecular complexity index is 961. The first kappa shape index (κ1) is 19.7. The molecular weight excluding hydrogens is 376 g/mol. The van der Waals surface area contributed by atoms with Crippen molar-refractivity contribution in [3.63, 3.8) is 0 Å². The quantitative estimate of drug-likeness (QED) is 0.765. The molecule has 7 nitrogen and oxygen atoms in total. The second kappa shape index (κ2) is 8.31. The van der Waals surface area contributed by atoms with Crippen molar-refractivity contribution in [3.8, 4) is 6.07 Å². The number of benzene rings is 2. The first-order chi connectivity index (χ1) is 13.4. The zero-order valence-electron chi connectivity index (χ0n) is 15.7. The minimum atomic E-state index is -3.63. The summed E-state index contributed by atoms with van der Waals surface area (Å²) in [6.45, 7) is 2.23. The molecule has 3 rings (SSSR count). The van der Waals surface area contributed by atoms with Crippen molar-refractivity contribution in [1.82, 2.24) is 4.90 Å². The van der Waals surface area contributed by atoms with Gasteiger partial charge >= 0.3 is 0 Å². The van der Waals surface area contributed by atoms with Crippen LogP contribution in [0.25, 0.3) is 0 Å². The summed E-state index contributed by atoms with van der Waals surface area (Å²) in [6, 6.07) is 18.2. The number of carbonyl (C=O) groups excluding carboxylic acids is 1. The largest absolute Gasteiger partial charge is 0.368 e. The van der Waals surface area contributed by atoms with E-state index in [1.165, 1.54) is 12.1 Å². The fraction of sp³-hybridized carbons (Fsp3) is 0.300. The second-order valence-electron chi connectivity index (χ2n) is 6.63. The lowest BCUT2D eigenvalue weighted by Crippen LogP contribution is -2.52. The number of hydrogen-bond donors (Lipinski definition) is 0. The molecule has 1 heterocycles. The van der Waals surface area contributed by atoms with Crippen LogP contribution in [-0.2, 0) is 14.8 Å². The minimum absolute atomic E-state index is 0.234. The molecule has 0 radical (unpaired) electrons. The van der Waals surface area contributed by atoms with Crippen LogP contribution in [-0.4, -0.2) is 58.2 Å². The Morgan fingerprint density at radius 3 is 2.18 bits per heavy atom. The van der Waals surface area contributed by atoms with Gasteiger partial charge in [-0.3, -0.25) is 9.10 Å². The Hall–Kier alpha value is -3.05. The normalized spacial score (nSPS) is 14.4. The first-order valence-corrected chi connectivity index (χ1v) is 10.8. The Balaban J connectivity index is 1.67. The van der Waals surface area contributed by atoms with Gasteiger partial charge in [-0.05, 0) is 36.4 Å². The van der Waals surface area contributed by atoms with Gasteiger partial charge in [0.05, 0.1) is 23.6 Å². The molecule has 2 aromatic rings. The van der Waals surface area contributed by atoms with Gasteiger partial charge in [0, 0.05) is 31.9 Å². The van der Waals surface area contributed by atoms with Crippen LogP contribution in [0.15, 0.2) is 54.6 Å². The number of amides is 1. The number of rotatable bonds is 5. The van der Waals surface area contributed by atoms with Gasteiger partial charge < -0.3 is 9.80 Å². The van der Waals surface area contributed by atoms with E-state index in [4.69, 9.17) is 5.26 Å². The summed E-state index contributed by atoms with van der Waals surface area (Å²) in [5.74, 6) is -0.234. The van der Waals surface area contributed by atoms with Crippen LogP contribution in [0.2, 0.25) is 0 Å². The molecule has 1 fully saturated rings. The lowest BCUT2D eigenvalue weighted by Gasteiger charge is -2.37. The molecule has 2 aromatic carbocycles. The van der Waals surface area contributed by atoms with E-state index in [1.54, 1.807) is 17.0 Å². The average Bonchev–Trinajstić information content (AvgIpc) is 2.72. The van der Waals surface area contributed by atoms with E-state index in [1.807, 2.05) is 36.4 Å². The first-order valence-electron chi connectivity index (χ1n) is 8.94. The van der Waals surface area contributed by atoms with E-state index >= 15 is 0 Å². The van der Waals surface area contributed by atoms with Gasteiger partial charge in [0.1, 0.15) is 6.54 Å². The van der Waals surface area contributed by atoms with Crippen LogP contribution in [0.3, 0.4) is 0 Å². The van der Waals surface area contributed by atoms with Crippen molar-refractivity contribution in [2.24, 2.45) is 0 Å². The highest BCUT2D eigenvalue weighted by Crippen LogP contribution is 2.20. The smallest absolute Gasteiger partial charge is 0.243 e. The Morgan fingerprint density at radius 2 is 1.64 bits per heavy atom. The molecular formula is C20H22N4O3S. The number of anilines is 2. The summed E-state index contributed by atoms with van der Waals surface area (Å²) >= 11 is 0. The van der Waals surface area contributed by atoms with Crippen molar-refractivity contribution < 1.29 is 13.2 Å². The second-order valence-corrected chi connectivity index (χ2v) is 8.54. The SMILES string of the molecule is CS(=O)(=O)N(CC(=O)N1CCN(c2ccccc2)CC1)c1ccc(C#N)cc1. The van der Waals surface area contributed by atoms with Crippen molar-refractivity contribution in [2.75, 3.05) is 48.2 Å². The molecule has 0 atom stereocenters. The molecule has 1 aliphatic heterocycles. The molecule has 0 N–H and O–H groups in total. The van der Waals surface area contributed by atoms with E-state index in [-0.39, 0.29) is 12.5 Å². The van der Waals surface area contributed by atoms with Crippen molar-refractivity contribution in [1.29, 1.82) is 5.26 Å². The molecule has 1 aliphatic rings. The molecule has 8 heteroatoms. The number of piperazine rings is 1. The molecule has 0 saturated carbocycles. The molecule has 0 bridgehead atoms.